The molecule has 2 heterocycles. The summed E-state index contributed by atoms with van der Waals surface area (Å²) in [6.07, 6.45) is 1.52. The van der Waals surface area contributed by atoms with Crippen LogP contribution in [0.5, 0.6) is 0 Å². The van der Waals surface area contributed by atoms with Gasteiger partial charge in [-0.15, -0.1) is 0 Å². The number of rotatable bonds is 1. The van der Waals surface area contributed by atoms with E-state index in [1.165, 1.54) is 10.6 Å². The Bertz CT molecular complexity index is 521. The van der Waals surface area contributed by atoms with Gasteiger partial charge in [0.05, 0.1) is 5.02 Å². The summed E-state index contributed by atoms with van der Waals surface area (Å²) in [6, 6.07) is 3.22. The molecule has 2 aromatic rings. The summed E-state index contributed by atoms with van der Waals surface area (Å²) in [5, 5.41) is 9.22. The molecule has 72 valence electrons. The smallest absolute Gasteiger partial charge is 0.358 e. The van der Waals surface area contributed by atoms with Crippen molar-refractivity contribution >= 4 is 29.0 Å². The summed E-state index contributed by atoms with van der Waals surface area (Å²) in [5.74, 6) is -1.07. The minimum absolute atomic E-state index is 0.0787. The molecule has 0 radical (unpaired) electrons. The van der Waals surface area contributed by atoms with E-state index in [1.807, 2.05) is 0 Å². The molecule has 0 aliphatic heterocycles. The number of nitrogens with two attached hydrogens (primary N) is 1. The number of anilines is 1. The van der Waals surface area contributed by atoms with E-state index in [1.54, 1.807) is 12.1 Å². The summed E-state index contributed by atoms with van der Waals surface area (Å²) in [7, 11) is 0. The van der Waals surface area contributed by atoms with Crippen LogP contribution < -0.4 is 5.73 Å². The number of hydrogen-bond acceptors (Lipinski definition) is 3. The second-order valence-corrected chi connectivity index (χ2v) is 3.16. The summed E-state index contributed by atoms with van der Waals surface area (Å²) in [5.41, 5.74) is 5.87. The Labute approximate surface area is 83.7 Å². The number of pyridine rings is 1. The van der Waals surface area contributed by atoms with Crippen LogP contribution in [0.3, 0.4) is 0 Å². The quantitative estimate of drug-likeness (QED) is 0.744. The lowest BCUT2D eigenvalue weighted by Crippen LogP contribution is -2.02. The van der Waals surface area contributed by atoms with E-state index < -0.39 is 5.97 Å². The van der Waals surface area contributed by atoms with Crippen molar-refractivity contribution in [3.05, 3.63) is 29.0 Å². The Morgan fingerprint density at radius 2 is 2.29 bits per heavy atom. The minimum Gasteiger partial charge on any atom is -0.476 e. The van der Waals surface area contributed by atoms with Crippen LogP contribution >= 0.6 is 11.6 Å². The van der Waals surface area contributed by atoms with E-state index in [0.717, 1.165) is 0 Å². The van der Waals surface area contributed by atoms with Gasteiger partial charge in [0.25, 0.3) is 0 Å². The number of halogens is 1. The first-order chi connectivity index (χ1) is 6.59. The number of nitrogens with zero attached hydrogens (tertiary/aromatic N) is 2. The molecule has 14 heavy (non-hydrogen) atoms. The highest BCUT2D eigenvalue weighted by molar-refractivity contribution is 6.30. The number of fused-ring (bicyclic) bond motifs is 1. The number of hydrogen-bond donors (Lipinski definition) is 2. The summed E-state index contributed by atoms with van der Waals surface area (Å²) < 4.78 is 1.44. The van der Waals surface area contributed by atoms with Crippen LogP contribution in [-0.4, -0.2) is 20.5 Å². The monoisotopic (exact) mass is 211 g/mol. The number of nitrogen functional groups attached to an aromatic ring is 1. The lowest BCUT2D eigenvalue weighted by Gasteiger charge is -1.95. The Balaban J connectivity index is 2.80. The Morgan fingerprint density at radius 3 is 2.93 bits per heavy atom. The number of carboxylic acids is 1. The first-order valence-electron chi connectivity index (χ1n) is 3.76. The maximum atomic E-state index is 10.7. The highest BCUT2D eigenvalue weighted by atomic mass is 35.5. The van der Waals surface area contributed by atoms with Gasteiger partial charge in [0.2, 0.25) is 0 Å². The standard InChI is InChI=1S/C8H6ClN3O2/c9-4-1-2-5-11-6(8(13)14)7(10)12(5)3-4/h1-3H,10H2,(H,13,14). The molecule has 0 saturated heterocycles. The van der Waals surface area contributed by atoms with Crippen LogP contribution in [0.1, 0.15) is 10.5 Å². The van der Waals surface area contributed by atoms with Crippen LogP contribution in [0, 0.1) is 0 Å². The fourth-order valence-corrected chi connectivity index (χ4v) is 1.35. The van der Waals surface area contributed by atoms with Gasteiger partial charge in [-0.3, -0.25) is 4.40 Å². The Morgan fingerprint density at radius 1 is 1.57 bits per heavy atom. The molecular weight excluding hydrogens is 206 g/mol. The van der Waals surface area contributed by atoms with Gasteiger partial charge in [0.15, 0.2) is 5.69 Å². The fourth-order valence-electron chi connectivity index (χ4n) is 1.19. The van der Waals surface area contributed by atoms with Gasteiger partial charge in [-0.05, 0) is 12.1 Å². The summed E-state index contributed by atoms with van der Waals surface area (Å²) in [6.45, 7) is 0. The lowest BCUT2D eigenvalue weighted by molar-refractivity contribution is 0.0692. The molecule has 0 spiro atoms. The molecule has 0 aromatic carbocycles. The highest BCUT2D eigenvalue weighted by Gasteiger charge is 2.15. The highest BCUT2D eigenvalue weighted by Crippen LogP contribution is 2.17. The molecule has 0 aliphatic rings. The Kier molecular flexibility index (Phi) is 1.82. The van der Waals surface area contributed by atoms with Crippen molar-refractivity contribution in [2.24, 2.45) is 0 Å². The van der Waals surface area contributed by atoms with Crippen LogP contribution in [-0.2, 0) is 0 Å². The van der Waals surface area contributed by atoms with Crippen molar-refractivity contribution in [3.8, 4) is 0 Å². The van der Waals surface area contributed by atoms with Crippen molar-refractivity contribution in [1.29, 1.82) is 0 Å². The number of carboxylic acid groups (broad SMARTS) is 1. The fraction of sp³-hybridized carbons (Fsp3) is 0. The Hall–Kier alpha value is -1.75. The molecule has 0 atom stereocenters. The number of aromatic nitrogens is 2. The average molecular weight is 212 g/mol. The largest absolute Gasteiger partial charge is 0.476 e. The normalized spacial score (nSPS) is 10.6. The predicted octanol–water partition coefficient (Wildman–Crippen LogP) is 1.27. The van der Waals surface area contributed by atoms with E-state index in [9.17, 15) is 4.79 Å². The third-order valence-electron chi connectivity index (χ3n) is 1.82. The maximum absolute atomic E-state index is 10.7. The van der Waals surface area contributed by atoms with Crippen LogP contribution in [0.25, 0.3) is 5.65 Å². The molecule has 0 unspecified atom stereocenters. The summed E-state index contributed by atoms with van der Waals surface area (Å²) in [4.78, 5) is 14.5. The molecule has 6 heteroatoms. The second-order valence-electron chi connectivity index (χ2n) is 2.73. The number of imidazole rings is 1. The SMILES string of the molecule is Nc1c(C(=O)O)nc2ccc(Cl)cn12. The third-order valence-corrected chi connectivity index (χ3v) is 2.05. The molecule has 5 nitrogen and oxygen atoms in total. The zero-order valence-corrected chi connectivity index (χ0v) is 7.69. The molecule has 2 rings (SSSR count). The molecule has 3 N–H and O–H groups in total. The van der Waals surface area contributed by atoms with Crippen molar-refractivity contribution in [1.82, 2.24) is 9.38 Å². The van der Waals surface area contributed by atoms with E-state index in [2.05, 4.69) is 4.98 Å². The first-order valence-corrected chi connectivity index (χ1v) is 4.14. The van der Waals surface area contributed by atoms with Gasteiger partial charge in [-0.2, -0.15) is 0 Å². The maximum Gasteiger partial charge on any atom is 0.358 e. The van der Waals surface area contributed by atoms with Crippen molar-refractivity contribution in [2.75, 3.05) is 5.73 Å². The molecule has 0 saturated carbocycles. The average Bonchev–Trinajstić information content (AvgIpc) is 2.44. The molecule has 2 aromatic heterocycles. The van der Waals surface area contributed by atoms with Crippen LogP contribution in [0.4, 0.5) is 5.82 Å². The number of carbonyl (C=O) groups is 1. The van der Waals surface area contributed by atoms with E-state index >= 15 is 0 Å². The van der Waals surface area contributed by atoms with Crippen LogP contribution in [0.15, 0.2) is 18.3 Å². The van der Waals surface area contributed by atoms with Gasteiger partial charge in [-0.25, -0.2) is 9.78 Å². The van der Waals surface area contributed by atoms with Gasteiger partial charge in [0, 0.05) is 6.20 Å². The topological polar surface area (TPSA) is 80.6 Å². The van der Waals surface area contributed by atoms with Crippen molar-refractivity contribution in [3.63, 3.8) is 0 Å². The predicted molar refractivity (Wildman–Crippen MR) is 51.6 cm³/mol. The molecule has 0 aliphatic carbocycles. The lowest BCUT2D eigenvalue weighted by atomic mass is 10.4. The van der Waals surface area contributed by atoms with E-state index in [4.69, 9.17) is 22.4 Å². The van der Waals surface area contributed by atoms with E-state index in [0.29, 0.717) is 10.7 Å². The molecule has 0 fully saturated rings. The van der Waals surface area contributed by atoms with E-state index in [-0.39, 0.29) is 11.5 Å². The van der Waals surface area contributed by atoms with Crippen molar-refractivity contribution in [2.45, 2.75) is 0 Å². The molecular formula is C8H6ClN3O2. The van der Waals surface area contributed by atoms with Gasteiger partial charge >= 0.3 is 5.97 Å². The van der Waals surface area contributed by atoms with Gasteiger partial charge in [-0.1, -0.05) is 11.6 Å². The second kappa shape index (κ2) is 2.88. The minimum atomic E-state index is -1.15. The van der Waals surface area contributed by atoms with Gasteiger partial charge in [0.1, 0.15) is 11.5 Å². The van der Waals surface area contributed by atoms with Crippen molar-refractivity contribution < 1.29 is 9.90 Å². The number of aromatic carboxylic acids is 1. The summed E-state index contributed by atoms with van der Waals surface area (Å²) >= 11 is 5.73. The third kappa shape index (κ3) is 1.18. The van der Waals surface area contributed by atoms with Gasteiger partial charge < -0.3 is 10.8 Å². The first kappa shape index (κ1) is 8.83. The molecule has 0 bridgehead atoms. The van der Waals surface area contributed by atoms with Crippen LogP contribution in [0.2, 0.25) is 5.02 Å². The zero-order valence-electron chi connectivity index (χ0n) is 6.94. The molecule has 0 amide bonds. The zero-order chi connectivity index (χ0) is 10.3.